The van der Waals surface area contributed by atoms with Crippen LogP contribution >= 0.6 is 27.7 Å². The van der Waals surface area contributed by atoms with Crippen LogP contribution in [0.25, 0.3) is 0 Å². The molecule has 1 heterocycles. The van der Waals surface area contributed by atoms with Crippen molar-refractivity contribution in [3.63, 3.8) is 0 Å². The Morgan fingerprint density at radius 2 is 1.91 bits per heavy atom. The van der Waals surface area contributed by atoms with Crippen LogP contribution < -0.4 is 5.32 Å². The third kappa shape index (κ3) is 5.65. The zero-order valence-corrected chi connectivity index (χ0v) is 14.8. The van der Waals surface area contributed by atoms with Crippen LogP contribution in [0.1, 0.15) is 0 Å². The first-order valence-electron chi connectivity index (χ1n) is 6.74. The van der Waals surface area contributed by atoms with Crippen molar-refractivity contribution in [3.05, 3.63) is 47.2 Å². The van der Waals surface area contributed by atoms with Crippen LogP contribution in [0.5, 0.6) is 0 Å². The van der Waals surface area contributed by atoms with Crippen LogP contribution in [0.4, 0.5) is 5.69 Å². The molecule has 2 amide bonds. The number of rotatable bonds is 6. The summed E-state index contributed by atoms with van der Waals surface area (Å²) in [6, 6.07) is 9.02. The topological polar surface area (TPSA) is 75.2 Å². The van der Waals surface area contributed by atoms with Gasteiger partial charge in [-0.1, -0.05) is 23.9 Å². The summed E-state index contributed by atoms with van der Waals surface area (Å²) in [5.41, 5.74) is 0.672. The summed E-state index contributed by atoms with van der Waals surface area (Å²) in [4.78, 5) is 33.5. The number of likely N-dealkylation sites (N-methyl/N-ethyl adjacent to an activating group) is 1. The minimum absolute atomic E-state index is 0.0175. The van der Waals surface area contributed by atoms with Crippen molar-refractivity contribution in [2.45, 2.75) is 5.16 Å². The molecule has 23 heavy (non-hydrogen) atoms. The monoisotopic (exact) mass is 394 g/mol. The van der Waals surface area contributed by atoms with Crippen molar-refractivity contribution in [2.24, 2.45) is 0 Å². The number of carbonyl (C=O) groups is 2. The number of thioether (sulfide) groups is 1. The predicted molar refractivity (Wildman–Crippen MR) is 93.2 cm³/mol. The van der Waals surface area contributed by atoms with E-state index in [9.17, 15) is 9.59 Å². The second kappa shape index (κ2) is 8.64. The summed E-state index contributed by atoms with van der Waals surface area (Å²) >= 11 is 4.60. The quantitative estimate of drug-likeness (QED) is 0.601. The molecule has 0 aliphatic rings. The molecular formula is C15H15BrN4O2S. The highest BCUT2D eigenvalue weighted by molar-refractivity contribution is 9.10. The fourth-order valence-corrected chi connectivity index (χ4v) is 2.78. The molecule has 0 radical (unpaired) electrons. The van der Waals surface area contributed by atoms with Gasteiger partial charge < -0.3 is 10.2 Å². The molecule has 0 aliphatic heterocycles. The van der Waals surface area contributed by atoms with Crippen LogP contribution in [0.3, 0.4) is 0 Å². The first-order valence-corrected chi connectivity index (χ1v) is 8.52. The number of aromatic nitrogens is 2. The lowest BCUT2D eigenvalue weighted by molar-refractivity contribution is -0.131. The van der Waals surface area contributed by atoms with E-state index in [0.717, 1.165) is 4.47 Å². The van der Waals surface area contributed by atoms with Gasteiger partial charge >= 0.3 is 0 Å². The maximum Gasteiger partial charge on any atom is 0.244 e. The molecule has 1 aromatic carbocycles. The minimum atomic E-state index is -0.256. The highest BCUT2D eigenvalue weighted by atomic mass is 79.9. The van der Waals surface area contributed by atoms with E-state index in [0.29, 0.717) is 10.8 Å². The van der Waals surface area contributed by atoms with E-state index in [1.165, 1.54) is 16.7 Å². The van der Waals surface area contributed by atoms with Gasteiger partial charge in [-0.3, -0.25) is 9.59 Å². The molecule has 8 heteroatoms. The number of amides is 2. The maximum absolute atomic E-state index is 12.0. The molecule has 0 unspecified atom stereocenters. The molecule has 6 nitrogen and oxygen atoms in total. The van der Waals surface area contributed by atoms with Crippen molar-refractivity contribution in [1.82, 2.24) is 14.9 Å². The van der Waals surface area contributed by atoms with Crippen molar-refractivity contribution < 1.29 is 9.59 Å². The number of para-hydroxylation sites is 1. The lowest BCUT2D eigenvalue weighted by atomic mass is 10.3. The Hall–Kier alpha value is -1.93. The van der Waals surface area contributed by atoms with Gasteiger partial charge in [0, 0.05) is 23.9 Å². The molecule has 0 saturated carbocycles. The normalized spacial score (nSPS) is 10.2. The van der Waals surface area contributed by atoms with E-state index in [1.807, 2.05) is 18.2 Å². The van der Waals surface area contributed by atoms with E-state index in [2.05, 4.69) is 31.2 Å². The molecule has 1 N–H and O–H groups in total. The second-order valence-corrected chi connectivity index (χ2v) is 6.39. The van der Waals surface area contributed by atoms with Crippen LogP contribution in [-0.4, -0.2) is 46.0 Å². The van der Waals surface area contributed by atoms with Gasteiger partial charge in [0.15, 0.2) is 5.16 Å². The number of carbonyl (C=O) groups excluding carboxylic acids is 2. The number of halogens is 1. The third-order valence-corrected chi connectivity index (χ3v) is 4.37. The highest BCUT2D eigenvalue weighted by Gasteiger charge is 2.14. The predicted octanol–water partition coefficient (Wildman–Crippen LogP) is 2.43. The Morgan fingerprint density at radius 3 is 2.61 bits per heavy atom. The van der Waals surface area contributed by atoms with E-state index in [1.54, 1.807) is 31.6 Å². The van der Waals surface area contributed by atoms with Gasteiger partial charge in [-0.2, -0.15) is 0 Å². The highest BCUT2D eigenvalue weighted by Crippen LogP contribution is 2.21. The van der Waals surface area contributed by atoms with E-state index in [4.69, 9.17) is 0 Å². The van der Waals surface area contributed by atoms with E-state index >= 15 is 0 Å². The molecule has 0 fully saturated rings. The van der Waals surface area contributed by atoms with Crippen molar-refractivity contribution in [3.8, 4) is 0 Å². The van der Waals surface area contributed by atoms with Crippen LogP contribution in [-0.2, 0) is 9.59 Å². The SMILES string of the molecule is CN(CC(=O)Nc1ccccc1Br)C(=O)CSc1ncccn1. The molecule has 0 aliphatic carbocycles. The van der Waals surface area contributed by atoms with Crippen LogP contribution in [0.2, 0.25) is 0 Å². The Morgan fingerprint density at radius 1 is 1.22 bits per heavy atom. The number of nitrogens with one attached hydrogen (secondary N) is 1. The Kier molecular flexibility index (Phi) is 6.54. The molecule has 0 saturated heterocycles. The lowest BCUT2D eigenvalue weighted by Gasteiger charge is -2.16. The van der Waals surface area contributed by atoms with Crippen molar-refractivity contribution in [1.29, 1.82) is 0 Å². The first kappa shape index (κ1) is 17.4. The number of nitrogens with zero attached hydrogens (tertiary/aromatic N) is 3. The van der Waals surface area contributed by atoms with Gasteiger partial charge in [0.2, 0.25) is 11.8 Å². The molecular weight excluding hydrogens is 380 g/mol. The molecule has 0 atom stereocenters. The first-order chi connectivity index (χ1) is 11.1. The van der Waals surface area contributed by atoms with Gasteiger partial charge in [0.1, 0.15) is 0 Å². The maximum atomic E-state index is 12.0. The molecule has 120 valence electrons. The summed E-state index contributed by atoms with van der Waals surface area (Å²) in [6.07, 6.45) is 3.24. The van der Waals surface area contributed by atoms with Gasteiger partial charge in [-0.05, 0) is 34.1 Å². The van der Waals surface area contributed by atoms with Gasteiger partial charge in [0.05, 0.1) is 18.0 Å². The second-order valence-electron chi connectivity index (χ2n) is 4.60. The van der Waals surface area contributed by atoms with Gasteiger partial charge in [0.25, 0.3) is 0 Å². The average Bonchev–Trinajstić information content (AvgIpc) is 2.55. The molecule has 2 rings (SSSR count). The summed E-state index contributed by atoms with van der Waals surface area (Å²) < 4.78 is 0.791. The van der Waals surface area contributed by atoms with E-state index < -0.39 is 0 Å². The summed E-state index contributed by atoms with van der Waals surface area (Å²) in [6.45, 7) is -0.0175. The smallest absolute Gasteiger partial charge is 0.244 e. The fraction of sp³-hybridized carbons (Fsp3) is 0.200. The molecule has 1 aromatic heterocycles. The number of hydrogen-bond donors (Lipinski definition) is 1. The zero-order valence-electron chi connectivity index (χ0n) is 12.4. The summed E-state index contributed by atoms with van der Waals surface area (Å²) in [5.74, 6) is -0.235. The summed E-state index contributed by atoms with van der Waals surface area (Å²) in [5, 5.41) is 3.29. The Balaban J connectivity index is 1.81. The van der Waals surface area contributed by atoms with Crippen molar-refractivity contribution in [2.75, 3.05) is 24.7 Å². The zero-order chi connectivity index (χ0) is 16.7. The molecule has 0 spiro atoms. The Labute approximate surface area is 146 Å². The third-order valence-electron chi connectivity index (χ3n) is 2.82. The average molecular weight is 395 g/mol. The lowest BCUT2D eigenvalue weighted by Crippen LogP contribution is -2.36. The summed E-state index contributed by atoms with van der Waals surface area (Å²) in [7, 11) is 1.59. The van der Waals surface area contributed by atoms with Crippen LogP contribution in [0, 0.1) is 0 Å². The number of hydrogen-bond acceptors (Lipinski definition) is 5. The van der Waals surface area contributed by atoms with Gasteiger partial charge in [-0.15, -0.1) is 0 Å². The molecule has 2 aromatic rings. The van der Waals surface area contributed by atoms with Crippen molar-refractivity contribution >= 4 is 45.2 Å². The van der Waals surface area contributed by atoms with E-state index in [-0.39, 0.29) is 24.1 Å². The molecule has 0 bridgehead atoms. The van der Waals surface area contributed by atoms with Crippen LogP contribution in [0.15, 0.2) is 52.4 Å². The number of anilines is 1. The fourth-order valence-electron chi connectivity index (χ4n) is 1.65. The largest absolute Gasteiger partial charge is 0.336 e. The number of benzene rings is 1. The standard InChI is InChI=1S/C15H15BrN4O2S/c1-20(14(22)10-23-15-17-7-4-8-18-15)9-13(21)19-12-6-3-2-5-11(12)16/h2-8H,9-10H2,1H3,(H,19,21). The Bertz CT molecular complexity index is 684. The minimum Gasteiger partial charge on any atom is -0.336 e. The van der Waals surface area contributed by atoms with Gasteiger partial charge in [-0.25, -0.2) is 9.97 Å².